The van der Waals surface area contributed by atoms with E-state index >= 15 is 0 Å². The van der Waals surface area contributed by atoms with E-state index in [9.17, 15) is 4.79 Å². The van der Waals surface area contributed by atoms with Crippen LogP contribution in [0.1, 0.15) is 6.92 Å². The smallest absolute Gasteiger partial charge is 0.304 e. The molecule has 0 aromatic heterocycles. The van der Waals surface area contributed by atoms with E-state index in [2.05, 4.69) is 0 Å². The molecule has 0 spiro atoms. The molecule has 0 amide bonds. The Hall–Kier alpha value is -1.55. The lowest BCUT2D eigenvalue weighted by Crippen LogP contribution is -2.47. The van der Waals surface area contributed by atoms with Crippen LogP contribution < -0.4 is 4.90 Å². The number of hydrogen-bond donors (Lipinski definition) is 0. The lowest BCUT2D eigenvalue weighted by Gasteiger charge is -2.36. The van der Waals surface area contributed by atoms with Crippen molar-refractivity contribution >= 4 is 11.7 Å². The fourth-order valence-electron chi connectivity index (χ4n) is 1.79. The van der Waals surface area contributed by atoms with Gasteiger partial charge in [-0.1, -0.05) is 18.2 Å². The van der Waals surface area contributed by atoms with Gasteiger partial charge in [-0.15, -0.1) is 0 Å². The zero-order valence-corrected chi connectivity index (χ0v) is 9.26. The Morgan fingerprint density at radius 3 is 2.88 bits per heavy atom. The van der Waals surface area contributed by atoms with E-state index in [-0.39, 0.29) is 12.2 Å². The Kier molecular flexibility index (Phi) is 3.41. The van der Waals surface area contributed by atoms with Gasteiger partial charge in [0.1, 0.15) is 6.61 Å². The third kappa shape index (κ3) is 2.52. The highest BCUT2D eigenvalue weighted by Crippen LogP contribution is 2.19. The number of hydrogen-bond acceptors (Lipinski definition) is 4. The van der Waals surface area contributed by atoms with E-state index in [1.165, 1.54) is 6.92 Å². The second-order valence-electron chi connectivity index (χ2n) is 3.67. The van der Waals surface area contributed by atoms with E-state index in [1.54, 1.807) is 0 Å². The van der Waals surface area contributed by atoms with Crippen LogP contribution in [0.2, 0.25) is 0 Å². The molecule has 1 atom stereocenters. The van der Waals surface area contributed by atoms with Gasteiger partial charge < -0.3 is 14.4 Å². The topological polar surface area (TPSA) is 38.8 Å². The summed E-state index contributed by atoms with van der Waals surface area (Å²) in [5.41, 5.74) is 1.05. The van der Waals surface area contributed by atoms with Gasteiger partial charge in [-0.25, -0.2) is 0 Å². The molecule has 4 nitrogen and oxygen atoms in total. The van der Waals surface area contributed by atoms with Crippen molar-refractivity contribution in [3.63, 3.8) is 0 Å². The maximum Gasteiger partial charge on any atom is 0.304 e. The van der Waals surface area contributed by atoms with Crippen molar-refractivity contribution < 1.29 is 14.3 Å². The first kappa shape index (κ1) is 11.0. The molecule has 1 unspecified atom stereocenters. The molecule has 0 N–H and O–H groups in total. The molecule has 1 saturated heterocycles. The minimum atomic E-state index is -0.311. The molecule has 0 aliphatic carbocycles. The molecule has 1 fully saturated rings. The molecular weight excluding hydrogens is 206 g/mol. The van der Waals surface area contributed by atoms with Crippen LogP contribution in [0.4, 0.5) is 5.69 Å². The SMILES string of the molecule is CC(=O)OC1COCCN1c1ccccc1. The Bertz CT molecular complexity index is 353. The summed E-state index contributed by atoms with van der Waals surface area (Å²) in [6.07, 6.45) is -0.311. The van der Waals surface area contributed by atoms with Crippen LogP contribution in [0.25, 0.3) is 0 Å². The van der Waals surface area contributed by atoms with Gasteiger partial charge in [-0.2, -0.15) is 0 Å². The fraction of sp³-hybridized carbons (Fsp3) is 0.417. The summed E-state index contributed by atoms with van der Waals surface area (Å²) in [4.78, 5) is 13.0. The summed E-state index contributed by atoms with van der Waals surface area (Å²) < 4.78 is 10.5. The minimum Gasteiger partial charge on any atom is -0.439 e. The van der Waals surface area contributed by atoms with Crippen molar-refractivity contribution in [1.29, 1.82) is 0 Å². The van der Waals surface area contributed by atoms with E-state index in [1.807, 2.05) is 35.2 Å². The highest BCUT2D eigenvalue weighted by molar-refractivity contribution is 5.66. The molecular formula is C12H15NO3. The second kappa shape index (κ2) is 4.99. The van der Waals surface area contributed by atoms with E-state index in [0.29, 0.717) is 13.2 Å². The zero-order chi connectivity index (χ0) is 11.4. The van der Waals surface area contributed by atoms with Crippen LogP contribution in [0.5, 0.6) is 0 Å². The first-order chi connectivity index (χ1) is 7.77. The molecule has 2 rings (SSSR count). The maximum atomic E-state index is 11.0. The third-order valence-electron chi connectivity index (χ3n) is 2.47. The largest absolute Gasteiger partial charge is 0.439 e. The Morgan fingerprint density at radius 2 is 2.19 bits per heavy atom. The highest BCUT2D eigenvalue weighted by Gasteiger charge is 2.25. The standard InChI is InChI=1S/C12H15NO3/c1-10(14)16-12-9-15-8-7-13(12)11-5-3-2-4-6-11/h2-6,12H,7-9H2,1H3. The van der Waals surface area contributed by atoms with Crippen LogP contribution in [0, 0.1) is 0 Å². The minimum absolute atomic E-state index is 0.281. The van der Waals surface area contributed by atoms with Crippen LogP contribution >= 0.6 is 0 Å². The lowest BCUT2D eigenvalue weighted by molar-refractivity contribution is -0.151. The summed E-state index contributed by atoms with van der Waals surface area (Å²) in [6, 6.07) is 9.90. The number of ether oxygens (including phenoxy) is 2. The Morgan fingerprint density at radius 1 is 1.44 bits per heavy atom. The Labute approximate surface area is 94.8 Å². The van der Waals surface area contributed by atoms with Crippen molar-refractivity contribution in [2.45, 2.75) is 13.2 Å². The summed E-state index contributed by atoms with van der Waals surface area (Å²) in [7, 11) is 0. The second-order valence-corrected chi connectivity index (χ2v) is 3.67. The van der Waals surface area contributed by atoms with Crippen LogP contribution in [0.3, 0.4) is 0 Å². The van der Waals surface area contributed by atoms with Crippen LogP contribution in [0.15, 0.2) is 30.3 Å². The number of esters is 1. The van der Waals surface area contributed by atoms with E-state index in [4.69, 9.17) is 9.47 Å². The monoisotopic (exact) mass is 221 g/mol. The molecule has 0 bridgehead atoms. The number of para-hydroxylation sites is 1. The third-order valence-corrected chi connectivity index (χ3v) is 2.47. The quantitative estimate of drug-likeness (QED) is 0.708. The van der Waals surface area contributed by atoms with Gasteiger partial charge in [0.2, 0.25) is 0 Å². The number of morpholine rings is 1. The highest BCUT2D eigenvalue weighted by atomic mass is 16.6. The van der Waals surface area contributed by atoms with Crippen molar-refractivity contribution in [1.82, 2.24) is 0 Å². The Balaban J connectivity index is 2.13. The number of benzene rings is 1. The molecule has 1 aliphatic heterocycles. The number of carbonyl (C=O) groups is 1. The molecule has 1 aromatic rings. The van der Waals surface area contributed by atoms with Crippen molar-refractivity contribution in [2.24, 2.45) is 0 Å². The summed E-state index contributed by atoms with van der Waals surface area (Å²) in [6.45, 7) is 3.24. The average molecular weight is 221 g/mol. The number of nitrogens with zero attached hydrogens (tertiary/aromatic N) is 1. The molecule has 1 heterocycles. The first-order valence-electron chi connectivity index (χ1n) is 5.34. The van der Waals surface area contributed by atoms with Crippen molar-refractivity contribution in [3.8, 4) is 0 Å². The summed E-state index contributed by atoms with van der Waals surface area (Å²) >= 11 is 0. The van der Waals surface area contributed by atoms with Gasteiger partial charge >= 0.3 is 5.97 Å². The molecule has 16 heavy (non-hydrogen) atoms. The van der Waals surface area contributed by atoms with Crippen LogP contribution in [-0.4, -0.2) is 32.0 Å². The van der Waals surface area contributed by atoms with Gasteiger partial charge in [-0.3, -0.25) is 4.79 Å². The lowest BCUT2D eigenvalue weighted by atomic mass is 10.2. The number of rotatable bonds is 2. The van der Waals surface area contributed by atoms with Gasteiger partial charge in [0, 0.05) is 19.2 Å². The predicted octanol–water partition coefficient (Wildman–Crippen LogP) is 1.41. The normalized spacial score (nSPS) is 20.6. The van der Waals surface area contributed by atoms with Gasteiger partial charge in [0.25, 0.3) is 0 Å². The molecule has 0 radical (unpaired) electrons. The predicted molar refractivity (Wildman–Crippen MR) is 60.2 cm³/mol. The van der Waals surface area contributed by atoms with Gasteiger partial charge in [0.15, 0.2) is 6.23 Å². The van der Waals surface area contributed by atoms with Crippen molar-refractivity contribution in [2.75, 3.05) is 24.7 Å². The number of anilines is 1. The molecule has 4 heteroatoms. The molecule has 1 aromatic carbocycles. The summed E-state index contributed by atoms with van der Waals surface area (Å²) in [5, 5.41) is 0. The molecule has 1 aliphatic rings. The van der Waals surface area contributed by atoms with Gasteiger partial charge in [0.05, 0.1) is 6.61 Å². The van der Waals surface area contributed by atoms with Crippen LogP contribution in [-0.2, 0) is 14.3 Å². The number of carbonyl (C=O) groups excluding carboxylic acids is 1. The van der Waals surface area contributed by atoms with Crippen molar-refractivity contribution in [3.05, 3.63) is 30.3 Å². The van der Waals surface area contributed by atoms with E-state index in [0.717, 1.165) is 12.2 Å². The molecule has 86 valence electrons. The zero-order valence-electron chi connectivity index (χ0n) is 9.26. The van der Waals surface area contributed by atoms with Gasteiger partial charge in [-0.05, 0) is 12.1 Å². The first-order valence-corrected chi connectivity index (χ1v) is 5.34. The summed E-state index contributed by atoms with van der Waals surface area (Å²) in [5.74, 6) is -0.281. The maximum absolute atomic E-state index is 11.0. The average Bonchev–Trinajstić information content (AvgIpc) is 2.30. The fourth-order valence-corrected chi connectivity index (χ4v) is 1.79. The van der Waals surface area contributed by atoms with E-state index < -0.39 is 0 Å². The molecule has 0 saturated carbocycles.